The van der Waals surface area contributed by atoms with Gasteiger partial charge in [0.15, 0.2) is 0 Å². The molecule has 2 N–H and O–H groups in total. The minimum atomic E-state index is 0. The molecule has 0 amide bonds. The lowest BCUT2D eigenvalue weighted by molar-refractivity contribution is 0.415. The van der Waals surface area contributed by atoms with Gasteiger partial charge in [0.05, 0.1) is 7.11 Å². The van der Waals surface area contributed by atoms with Crippen molar-refractivity contribution in [1.29, 1.82) is 0 Å². The molecular formula is C15H18ClNO. The third-order valence-electron chi connectivity index (χ3n) is 2.92. The number of methoxy groups -OCH3 is 1. The van der Waals surface area contributed by atoms with Crippen molar-refractivity contribution in [3.8, 4) is 5.75 Å². The lowest BCUT2D eigenvalue weighted by Gasteiger charge is -2.11. The highest BCUT2D eigenvalue weighted by molar-refractivity contribution is 5.85. The van der Waals surface area contributed by atoms with E-state index < -0.39 is 0 Å². The van der Waals surface area contributed by atoms with Crippen LogP contribution in [0.5, 0.6) is 5.75 Å². The Morgan fingerprint density at radius 2 is 1.89 bits per heavy atom. The second-order valence-corrected chi connectivity index (χ2v) is 4.10. The summed E-state index contributed by atoms with van der Waals surface area (Å²) in [5, 5.41) is 2.35. The first kappa shape index (κ1) is 14.6. The van der Waals surface area contributed by atoms with E-state index in [-0.39, 0.29) is 18.4 Å². The molecule has 0 saturated carbocycles. The smallest absolute Gasteiger partial charge is 0.119 e. The minimum absolute atomic E-state index is 0. The van der Waals surface area contributed by atoms with E-state index in [0.29, 0.717) is 0 Å². The average Bonchev–Trinajstić information content (AvgIpc) is 2.37. The second kappa shape index (κ2) is 6.43. The van der Waals surface area contributed by atoms with Crippen LogP contribution in [-0.4, -0.2) is 7.11 Å². The van der Waals surface area contributed by atoms with Gasteiger partial charge in [-0.15, -0.1) is 19.0 Å². The molecular weight excluding hydrogens is 246 g/mol. The van der Waals surface area contributed by atoms with Crippen molar-refractivity contribution in [3.05, 3.63) is 54.6 Å². The molecule has 1 atom stereocenters. The average molecular weight is 264 g/mol. The van der Waals surface area contributed by atoms with E-state index in [2.05, 4.69) is 30.8 Å². The summed E-state index contributed by atoms with van der Waals surface area (Å²) >= 11 is 0. The van der Waals surface area contributed by atoms with Crippen LogP contribution in [0.1, 0.15) is 18.0 Å². The Bertz CT molecular complexity index is 539. The molecule has 2 aromatic rings. The van der Waals surface area contributed by atoms with Gasteiger partial charge in [-0.25, -0.2) is 0 Å². The van der Waals surface area contributed by atoms with Crippen LogP contribution in [0.15, 0.2) is 49.1 Å². The van der Waals surface area contributed by atoms with Crippen molar-refractivity contribution in [2.75, 3.05) is 7.11 Å². The zero-order valence-corrected chi connectivity index (χ0v) is 11.2. The van der Waals surface area contributed by atoms with E-state index in [0.717, 1.165) is 17.7 Å². The Morgan fingerprint density at radius 3 is 2.56 bits per heavy atom. The SMILES string of the molecule is C=CC[C@H](N)c1ccc2cc(OC)ccc2c1.Cl. The molecule has 0 aromatic heterocycles. The van der Waals surface area contributed by atoms with Gasteiger partial charge in [0.1, 0.15) is 5.75 Å². The Balaban J connectivity index is 0.00000162. The molecule has 0 aliphatic carbocycles. The van der Waals surface area contributed by atoms with E-state index in [1.165, 1.54) is 10.8 Å². The van der Waals surface area contributed by atoms with Gasteiger partial charge in [-0.3, -0.25) is 0 Å². The fourth-order valence-electron chi connectivity index (χ4n) is 1.92. The first-order valence-electron chi connectivity index (χ1n) is 5.69. The summed E-state index contributed by atoms with van der Waals surface area (Å²) < 4.78 is 5.20. The van der Waals surface area contributed by atoms with Crippen molar-refractivity contribution >= 4 is 23.2 Å². The molecule has 0 unspecified atom stereocenters. The van der Waals surface area contributed by atoms with Gasteiger partial charge in [0.2, 0.25) is 0 Å². The Hall–Kier alpha value is -1.51. The van der Waals surface area contributed by atoms with Crippen LogP contribution in [0.2, 0.25) is 0 Å². The molecule has 0 aliphatic rings. The third-order valence-corrected chi connectivity index (χ3v) is 2.92. The van der Waals surface area contributed by atoms with Crippen LogP contribution in [0, 0.1) is 0 Å². The van der Waals surface area contributed by atoms with E-state index in [1.807, 2.05) is 18.2 Å². The quantitative estimate of drug-likeness (QED) is 0.851. The number of nitrogens with two attached hydrogens (primary N) is 1. The maximum absolute atomic E-state index is 6.06. The Labute approximate surface area is 114 Å². The molecule has 2 aromatic carbocycles. The summed E-state index contributed by atoms with van der Waals surface area (Å²) in [5.74, 6) is 0.876. The van der Waals surface area contributed by atoms with Crippen LogP contribution in [0.4, 0.5) is 0 Å². The fourth-order valence-corrected chi connectivity index (χ4v) is 1.92. The van der Waals surface area contributed by atoms with Gasteiger partial charge in [0, 0.05) is 6.04 Å². The summed E-state index contributed by atoms with van der Waals surface area (Å²) in [7, 11) is 1.68. The van der Waals surface area contributed by atoms with Crippen molar-refractivity contribution in [2.24, 2.45) is 5.73 Å². The molecule has 96 valence electrons. The van der Waals surface area contributed by atoms with Crippen molar-refractivity contribution in [3.63, 3.8) is 0 Å². The largest absolute Gasteiger partial charge is 0.497 e. The van der Waals surface area contributed by atoms with Gasteiger partial charge in [-0.2, -0.15) is 0 Å². The molecule has 0 heterocycles. The molecule has 0 spiro atoms. The minimum Gasteiger partial charge on any atom is -0.497 e. The van der Waals surface area contributed by atoms with Crippen molar-refractivity contribution in [1.82, 2.24) is 0 Å². The standard InChI is InChI=1S/C15H17NO.ClH/c1-3-4-15(16)13-6-5-12-10-14(17-2)8-7-11(12)9-13;/h3,5-10,15H,1,4,16H2,2H3;1H/t15-;/m0./s1. The van der Waals surface area contributed by atoms with E-state index in [1.54, 1.807) is 7.11 Å². The molecule has 0 saturated heterocycles. The monoisotopic (exact) mass is 263 g/mol. The van der Waals surface area contributed by atoms with E-state index in [9.17, 15) is 0 Å². The third kappa shape index (κ3) is 3.03. The predicted molar refractivity (Wildman–Crippen MR) is 79.5 cm³/mol. The van der Waals surface area contributed by atoms with Gasteiger partial charge in [0.25, 0.3) is 0 Å². The van der Waals surface area contributed by atoms with E-state index >= 15 is 0 Å². The Kier molecular flexibility index (Phi) is 5.20. The number of rotatable bonds is 4. The normalized spacial score (nSPS) is 11.7. The molecule has 2 rings (SSSR count). The van der Waals surface area contributed by atoms with E-state index in [4.69, 9.17) is 10.5 Å². The number of hydrogen-bond donors (Lipinski definition) is 1. The summed E-state index contributed by atoms with van der Waals surface area (Å²) in [6.45, 7) is 3.71. The highest BCUT2D eigenvalue weighted by Gasteiger charge is 2.05. The zero-order chi connectivity index (χ0) is 12.3. The first-order chi connectivity index (χ1) is 8.24. The van der Waals surface area contributed by atoms with Gasteiger partial charge < -0.3 is 10.5 Å². The molecule has 18 heavy (non-hydrogen) atoms. The molecule has 0 fully saturated rings. The van der Waals surface area contributed by atoms with Crippen molar-refractivity contribution in [2.45, 2.75) is 12.5 Å². The highest BCUT2D eigenvalue weighted by atomic mass is 35.5. The molecule has 0 aliphatic heterocycles. The fraction of sp³-hybridized carbons (Fsp3) is 0.200. The lowest BCUT2D eigenvalue weighted by Crippen LogP contribution is -2.08. The molecule has 3 heteroatoms. The van der Waals surface area contributed by atoms with Gasteiger partial charge >= 0.3 is 0 Å². The topological polar surface area (TPSA) is 35.2 Å². The lowest BCUT2D eigenvalue weighted by atomic mass is 10.0. The number of benzene rings is 2. The molecule has 0 radical (unpaired) electrons. The summed E-state index contributed by atoms with van der Waals surface area (Å²) in [5.41, 5.74) is 7.20. The number of halogens is 1. The number of hydrogen-bond acceptors (Lipinski definition) is 2. The van der Waals surface area contributed by atoms with Gasteiger partial charge in [-0.05, 0) is 41.0 Å². The summed E-state index contributed by atoms with van der Waals surface area (Å²) in [6, 6.07) is 12.3. The number of fused-ring (bicyclic) bond motifs is 1. The van der Waals surface area contributed by atoms with Crippen LogP contribution in [-0.2, 0) is 0 Å². The van der Waals surface area contributed by atoms with Crippen LogP contribution in [0.3, 0.4) is 0 Å². The van der Waals surface area contributed by atoms with Crippen LogP contribution < -0.4 is 10.5 Å². The second-order valence-electron chi connectivity index (χ2n) is 4.10. The maximum atomic E-state index is 6.06. The van der Waals surface area contributed by atoms with Crippen molar-refractivity contribution < 1.29 is 4.74 Å². The first-order valence-corrected chi connectivity index (χ1v) is 5.69. The summed E-state index contributed by atoms with van der Waals surface area (Å²) in [4.78, 5) is 0. The predicted octanol–water partition coefficient (Wildman–Crippen LogP) is 3.85. The van der Waals surface area contributed by atoms with Crippen LogP contribution >= 0.6 is 12.4 Å². The zero-order valence-electron chi connectivity index (χ0n) is 10.4. The highest BCUT2D eigenvalue weighted by Crippen LogP contribution is 2.24. The molecule has 2 nitrogen and oxygen atoms in total. The number of ether oxygens (including phenoxy) is 1. The molecule has 0 bridgehead atoms. The van der Waals surface area contributed by atoms with Gasteiger partial charge in [-0.1, -0.05) is 24.3 Å². The Morgan fingerprint density at radius 1 is 1.22 bits per heavy atom. The maximum Gasteiger partial charge on any atom is 0.119 e. The van der Waals surface area contributed by atoms with Crippen LogP contribution in [0.25, 0.3) is 10.8 Å². The summed E-state index contributed by atoms with van der Waals surface area (Å²) in [6.07, 6.45) is 2.64.